The van der Waals surface area contributed by atoms with Crippen LogP contribution in [0.4, 0.5) is 0 Å². The summed E-state index contributed by atoms with van der Waals surface area (Å²) in [6.07, 6.45) is 2.36. The normalized spacial score (nSPS) is 18.1. The van der Waals surface area contributed by atoms with Gasteiger partial charge in [0.1, 0.15) is 0 Å². The molecule has 0 radical (unpaired) electrons. The fourth-order valence-electron chi connectivity index (χ4n) is 3.25. The van der Waals surface area contributed by atoms with Crippen molar-refractivity contribution in [1.29, 1.82) is 0 Å². The van der Waals surface area contributed by atoms with Gasteiger partial charge in [0.25, 0.3) is 0 Å². The van der Waals surface area contributed by atoms with Crippen LogP contribution in [-0.2, 0) is 6.42 Å². The molecule has 1 aliphatic heterocycles. The number of hydrogen-bond donors (Lipinski definition) is 1. The lowest BCUT2D eigenvalue weighted by atomic mass is 10.0. The summed E-state index contributed by atoms with van der Waals surface area (Å²) in [6, 6.07) is 14.1. The molecule has 3 rings (SSSR count). The number of hydrogen-bond acceptors (Lipinski definition) is 3. The Morgan fingerprint density at radius 3 is 2.86 bits per heavy atom. The van der Waals surface area contributed by atoms with Crippen molar-refractivity contribution in [3.63, 3.8) is 0 Å². The van der Waals surface area contributed by atoms with Crippen molar-refractivity contribution in [3.05, 3.63) is 57.3 Å². The van der Waals surface area contributed by atoms with Gasteiger partial charge in [-0.1, -0.05) is 36.8 Å². The number of aryl methyl sites for hydroxylation is 2. The summed E-state index contributed by atoms with van der Waals surface area (Å²) in [5.74, 6) is 0. The number of rotatable bonds is 4. The van der Waals surface area contributed by atoms with Crippen LogP contribution in [0.15, 0.2) is 36.4 Å². The monoisotopic (exact) mass is 314 g/mol. The van der Waals surface area contributed by atoms with Crippen LogP contribution in [0.2, 0.25) is 0 Å². The van der Waals surface area contributed by atoms with Crippen LogP contribution in [0.25, 0.3) is 0 Å². The number of thiophene rings is 1. The Labute approximate surface area is 138 Å². The highest BCUT2D eigenvalue weighted by molar-refractivity contribution is 7.12. The molecule has 22 heavy (non-hydrogen) atoms. The summed E-state index contributed by atoms with van der Waals surface area (Å²) in [5, 5.41) is 3.52. The van der Waals surface area contributed by atoms with Gasteiger partial charge < -0.3 is 5.32 Å². The van der Waals surface area contributed by atoms with E-state index in [9.17, 15) is 0 Å². The largest absolute Gasteiger partial charge is 0.315 e. The molecule has 2 aromatic rings. The summed E-state index contributed by atoms with van der Waals surface area (Å²) in [6.45, 7) is 8.96. The SMILES string of the molecule is CCc1ccc(C(c2cccc(C)c2)N2CCCNCC2)s1. The average Bonchev–Trinajstić information content (AvgIpc) is 2.83. The van der Waals surface area contributed by atoms with Gasteiger partial charge in [-0.25, -0.2) is 0 Å². The molecule has 118 valence electrons. The van der Waals surface area contributed by atoms with Gasteiger partial charge in [0.15, 0.2) is 0 Å². The van der Waals surface area contributed by atoms with E-state index in [1.165, 1.54) is 33.8 Å². The van der Waals surface area contributed by atoms with Gasteiger partial charge in [0.05, 0.1) is 6.04 Å². The zero-order chi connectivity index (χ0) is 15.4. The van der Waals surface area contributed by atoms with Crippen molar-refractivity contribution in [3.8, 4) is 0 Å². The Kier molecular flexibility index (Phi) is 5.29. The van der Waals surface area contributed by atoms with Gasteiger partial charge in [0, 0.05) is 29.4 Å². The minimum absolute atomic E-state index is 0.407. The summed E-state index contributed by atoms with van der Waals surface area (Å²) >= 11 is 1.98. The molecule has 0 saturated carbocycles. The van der Waals surface area contributed by atoms with E-state index in [4.69, 9.17) is 0 Å². The van der Waals surface area contributed by atoms with E-state index in [0.717, 1.165) is 26.1 Å². The molecule has 3 heteroatoms. The lowest BCUT2D eigenvalue weighted by Gasteiger charge is -2.30. The minimum atomic E-state index is 0.407. The van der Waals surface area contributed by atoms with Crippen molar-refractivity contribution in [2.24, 2.45) is 0 Å². The quantitative estimate of drug-likeness (QED) is 0.917. The molecule has 0 spiro atoms. The highest BCUT2D eigenvalue weighted by atomic mass is 32.1. The molecule has 0 aliphatic carbocycles. The Morgan fingerprint density at radius 2 is 2.09 bits per heavy atom. The zero-order valence-corrected chi connectivity index (χ0v) is 14.5. The highest BCUT2D eigenvalue weighted by Gasteiger charge is 2.24. The number of benzene rings is 1. The third kappa shape index (κ3) is 3.60. The van der Waals surface area contributed by atoms with Crippen LogP contribution in [0.1, 0.15) is 40.3 Å². The van der Waals surface area contributed by atoms with E-state index in [-0.39, 0.29) is 0 Å². The Morgan fingerprint density at radius 1 is 1.18 bits per heavy atom. The van der Waals surface area contributed by atoms with E-state index in [0.29, 0.717) is 6.04 Å². The van der Waals surface area contributed by atoms with Crippen LogP contribution < -0.4 is 5.32 Å². The molecule has 0 bridgehead atoms. The maximum absolute atomic E-state index is 3.52. The summed E-state index contributed by atoms with van der Waals surface area (Å²) in [5.41, 5.74) is 2.79. The Balaban J connectivity index is 1.97. The topological polar surface area (TPSA) is 15.3 Å². The molecule has 0 amide bonds. The molecule has 1 aromatic carbocycles. The lowest BCUT2D eigenvalue weighted by molar-refractivity contribution is 0.244. The first-order valence-electron chi connectivity index (χ1n) is 8.38. The molecule has 1 N–H and O–H groups in total. The second-order valence-electron chi connectivity index (χ2n) is 6.11. The van der Waals surface area contributed by atoms with Crippen molar-refractivity contribution < 1.29 is 0 Å². The van der Waals surface area contributed by atoms with Crippen molar-refractivity contribution in [2.45, 2.75) is 32.7 Å². The van der Waals surface area contributed by atoms with E-state index in [2.05, 4.69) is 60.5 Å². The van der Waals surface area contributed by atoms with Gasteiger partial charge in [-0.2, -0.15) is 0 Å². The first-order valence-corrected chi connectivity index (χ1v) is 9.19. The van der Waals surface area contributed by atoms with Crippen molar-refractivity contribution in [1.82, 2.24) is 10.2 Å². The van der Waals surface area contributed by atoms with Crippen LogP contribution in [0.3, 0.4) is 0 Å². The third-order valence-electron chi connectivity index (χ3n) is 4.40. The van der Waals surface area contributed by atoms with E-state index in [1.807, 2.05) is 11.3 Å². The molecular weight excluding hydrogens is 288 g/mol. The Bertz CT molecular complexity index is 597. The molecule has 1 aromatic heterocycles. The van der Waals surface area contributed by atoms with Gasteiger partial charge in [-0.3, -0.25) is 4.90 Å². The third-order valence-corrected chi connectivity index (χ3v) is 5.68. The van der Waals surface area contributed by atoms with Crippen LogP contribution in [-0.4, -0.2) is 31.1 Å². The number of nitrogens with one attached hydrogen (secondary N) is 1. The molecule has 2 heterocycles. The summed E-state index contributed by atoms with van der Waals surface area (Å²) < 4.78 is 0. The highest BCUT2D eigenvalue weighted by Crippen LogP contribution is 2.34. The van der Waals surface area contributed by atoms with E-state index in [1.54, 1.807) is 0 Å². The lowest BCUT2D eigenvalue weighted by Crippen LogP contribution is -2.32. The smallest absolute Gasteiger partial charge is 0.0696 e. The predicted molar refractivity (Wildman–Crippen MR) is 95.8 cm³/mol. The Hall–Kier alpha value is -1.16. The van der Waals surface area contributed by atoms with Crippen LogP contribution in [0.5, 0.6) is 0 Å². The summed E-state index contributed by atoms with van der Waals surface area (Å²) in [4.78, 5) is 5.63. The molecule has 1 unspecified atom stereocenters. The molecule has 1 saturated heterocycles. The van der Waals surface area contributed by atoms with Crippen molar-refractivity contribution >= 4 is 11.3 Å². The van der Waals surface area contributed by atoms with Crippen molar-refractivity contribution in [2.75, 3.05) is 26.2 Å². The van der Waals surface area contributed by atoms with Gasteiger partial charge in [0.2, 0.25) is 0 Å². The second-order valence-corrected chi connectivity index (χ2v) is 7.31. The van der Waals surface area contributed by atoms with Crippen LogP contribution >= 0.6 is 11.3 Å². The van der Waals surface area contributed by atoms with E-state index >= 15 is 0 Å². The standard InChI is InChI=1S/C19H26N2S/c1-3-17-8-9-18(22-17)19(16-7-4-6-15(2)14-16)21-12-5-10-20-11-13-21/h4,6-9,14,19-20H,3,5,10-13H2,1-2H3. The average molecular weight is 314 g/mol. The van der Waals surface area contributed by atoms with Gasteiger partial charge in [-0.15, -0.1) is 11.3 Å². The molecule has 1 fully saturated rings. The maximum atomic E-state index is 3.52. The molecule has 2 nitrogen and oxygen atoms in total. The predicted octanol–water partition coefficient (Wildman–Crippen LogP) is 4.00. The second kappa shape index (κ2) is 7.40. The van der Waals surface area contributed by atoms with E-state index < -0.39 is 0 Å². The van der Waals surface area contributed by atoms with Crippen LogP contribution in [0, 0.1) is 6.92 Å². The number of nitrogens with zero attached hydrogens (tertiary/aromatic N) is 1. The molecule has 1 aliphatic rings. The maximum Gasteiger partial charge on any atom is 0.0696 e. The summed E-state index contributed by atoms with van der Waals surface area (Å²) in [7, 11) is 0. The fourth-order valence-corrected chi connectivity index (χ4v) is 4.37. The van der Waals surface area contributed by atoms with Gasteiger partial charge >= 0.3 is 0 Å². The zero-order valence-electron chi connectivity index (χ0n) is 13.6. The molecular formula is C19H26N2S. The first-order chi connectivity index (χ1) is 10.8. The van der Waals surface area contributed by atoms with Gasteiger partial charge in [-0.05, 0) is 44.0 Å². The first kappa shape index (κ1) is 15.7. The minimum Gasteiger partial charge on any atom is -0.315 e. The molecule has 1 atom stereocenters. The fraction of sp³-hybridized carbons (Fsp3) is 0.474.